The lowest BCUT2D eigenvalue weighted by atomic mass is 9.81. The SMILES string of the molecule is COc1ccccc1C(=O)c1ccc2c(c1)C(C)(C)c1ccccc1-2. The summed E-state index contributed by atoms with van der Waals surface area (Å²) >= 11 is 0. The Kier molecular flexibility index (Phi) is 3.50. The number of hydrogen-bond acceptors (Lipinski definition) is 2. The summed E-state index contributed by atoms with van der Waals surface area (Å²) in [6.07, 6.45) is 0. The zero-order valence-corrected chi connectivity index (χ0v) is 14.7. The van der Waals surface area contributed by atoms with Crippen molar-refractivity contribution in [3.05, 3.63) is 89.0 Å². The van der Waals surface area contributed by atoms with Gasteiger partial charge in [-0.15, -0.1) is 0 Å². The average molecular weight is 328 g/mol. The third-order valence-corrected chi connectivity index (χ3v) is 5.20. The molecule has 0 heterocycles. The first kappa shape index (κ1) is 15.6. The third kappa shape index (κ3) is 2.29. The van der Waals surface area contributed by atoms with Gasteiger partial charge in [0.25, 0.3) is 0 Å². The summed E-state index contributed by atoms with van der Waals surface area (Å²) in [7, 11) is 1.59. The van der Waals surface area contributed by atoms with Crippen LogP contribution in [-0.4, -0.2) is 12.9 Å². The van der Waals surface area contributed by atoms with E-state index in [0.29, 0.717) is 16.9 Å². The number of fused-ring (bicyclic) bond motifs is 3. The molecule has 124 valence electrons. The molecule has 1 aliphatic carbocycles. The second-order valence-corrected chi connectivity index (χ2v) is 6.96. The summed E-state index contributed by atoms with van der Waals surface area (Å²) in [4.78, 5) is 13.0. The molecule has 0 fully saturated rings. The van der Waals surface area contributed by atoms with Gasteiger partial charge in [-0.2, -0.15) is 0 Å². The van der Waals surface area contributed by atoms with Gasteiger partial charge in [0, 0.05) is 11.0 Å². The number of carbonyl (C=O) groups is 1. The highest BCUT2D eigenvalue weighted by Gasteiger charge is 2.35. The predicted octanol–water partition coefficient (Wildman–Crippen LogP) is 5.23. The molecule has 0 bridgehead atoms. The quantitative estimate of drug-likeness (QED) is 0.615. The van der Waals surface area contributed by atoms with Crippen LogP contribution in [0.25, 0.3) is 11.1 Å². The van der Waals surface area contributed by atoms with Gasteiger partial charge in [-0.25, -0.2) is 0 Å². The number of carbonyl (C=O) groups excluding carboxylic acids is 1. The zero-order valence-electron chi connectivity index (χ0n) is 14.7. The molecule has 0 aromatic heterocycles. The lowest BCUT2D eigenvalue weighted by Crippen LogP contribution is -2.16. The number of ether oxygens (including phenoxy) is 1. The maximum Gasteiger partial charge on any atom is 0.196 e. The lowest BCUT2D eigenvalue weighted by molar-refractivity contribution is 0.103. The van der Waals surface area contributed by atoms with Crippen molar-refractivity contribution in [3.8, 4) is 16.9 Å². The highest BCUT2D eigenvalue weighted by atomic mass is 16.5. The minimum atomic E-state index is -0.108. The van der Waals surface area contributed by atoms with Gasteiger partial charge in [0.15, 0.2) is 5.78 Å². The molecule has 0 saturated carbocycles. The highest BCUT2D eigenvalue weighted by molar-refractivity contribution is 6.11. The van der Waals surface area contributed by atoms with Crippen LogP contribution < -0.4 is 4.74 Å². The van der Waals surface area contributed by atoms with Gasteiger partial charge in [-0.1, -0.05) is 62.4 Å². The normalized spacial score (nSPS) is 13.9. The Morgan fingerprint density at radius 1 is 0.840 bits per heavy atom. The first-order valence-electron chi connectivity index (χ1n) is 8.46. The Bertz CT molecular complexity index is 983. The molecule has 0 spiro atoms. The second kappa shape index (κ2) is 5.59. The summed E-state index contributed by atoms with van der Waals surface area (Å²) < 4.78 is 5.35. The molecular formula is C23H20O2. The molecule has 0 saturated heterocycles. The van der Waals surface area contributed by atoms with Crippen molar-refractivity contribution < 1.29 is 9.53 Å². The van der Waals surface area contributed by atoms with Crippen LogP contribution >= 0.6 is 0 Å². The van der Waals surface area contributed by atoms with Crippen LogP contribution in [0, 0.1) is 0 Å². The van der Waals surface area contributed by atoms with Crippen LogP contribution in [0.15, 0.2) is 66.7 Å². The molecule has 25 heavy (non-hydrogen) atoms. The molecule has 0 N–H and O–H groups in total. The molecule has 2 nitrogen and oxygen atoms in total. The molecule has 3 aromatic carbocycles. The molecule has 1 aliphatic rings. The van der Waals surface area contributed by atoms with E-state index in [-0.39, 0.29) is 11.2 Å². The fourth-order valence-electron chi connectivity index (χ4n) is 3.83. The monoisotopic (exact) mass is 328 g/mol. The van der Waals surface area contributed by atoms with Gasteiger partial charge in [-0.3, -0.25) is 4.79 Å². The molecule has 0 amide bonds. The van der Waals surface area contributed by atoms with Crippen molar-refractivity contribution in [3.63, 3.8) is 0 Å². The summed E-state index contributed by atoms with van der Waals surface area (Å²) in [6.45, 7) is 4.43. The molecule has 4 rings (SSSR count). The van der Waals surface area contributed by atoms with Crippen molar-refractivity contribution in [2.24, 2.45) is 0 Å². The molecule has 0 atom stereocenters. The third-order valence-electron chi connectivity index (χ3n) is 5.20. The molecular weight excluding hydrogens is 308 g/mol. The number of benzene rings is 3. The van der Waals surface area contributed by atoms with E-state index < -0.39 is 0 Å². The topological polar surface area (TPSA) is 26.3 Å². The minimum Gasteiger partial charge on any atom is -0.496 e. The largest absolute Gasteiger partial charge is 0.496 e. The van der Waals surface area contributed by atoms with E-state index >= 15 is 0 Å². The fourth-order valence-corrected chi connectivity index (χ4v) is 3.83. The van der Waals surface area contributed by atoms with E-state index in [1.807, 2.05) is 36.4 Å². The number of rotatable bonds is 3. The fraction of sp³-hybridized carbons (Fsp3) is 0.174. The van der Waals surface area contributed by atoms with E-state index in [1.54, 1.807) is 7.11 Å². The van der Waals surface area contributed by atoms with Crippen molar-refractivity contribution in [2.75, 3.05) is 7.11 Å². The van der Waals surface area contributed by atoms with Crippen molar-refractivity contribution >= 4 is 5.78 Å². The molecule has 0 unspecified atom stereocenters. The zero-order chi connectivity index (χ0) is 17.6. The maximum absolute atomic E-state index is 13.0. The van der Waals surface area contributed by atoms with Crippen molar-refractivity contribution in [1.82, 2.24) is 0 Å². The molecule has 0 radical (unpaired) electrons. The summed E-state index contributed by atoms with van der Waals surface area (Å²) in [5.41, 5.74) is 6.18. The Morgan fingerprint density at radius 2 is 1.52 bits per heavy atom. The van der Waals surface area contributed by atoms with Gasteiger partial charge < -0.3 is 4.74 Å². The van der Waals surface area contributed by atoms with Crippen LogP contribution in [0.4, 0.5) is 0 Å². The first-order chi connectivity index (χ1) is 12.0. The van der Waals surface area contributed by atoms with Crippen molar-refractivity contribution in [2.45, 2.75) is 19.3 Å². The van der Waals surface area contributed by atoms with Gasteiger partial charge in [0.2, 0.25) is 0 Å². The van der Waals surface area contributed by atoms with Crippen LogP contribution in [0.3, 0.4) is 0 Å². The van der Waals surface area contributed by atoms with Crippen LogP contribution in [0.1, 0.15) is 40.9 Å². The summed E-state index contributed by atoms with van der Waals surface area (Å²) in [5, 5.41) is 0. The van der Waals surface area contributed by atoms with E-state index in [9.17, 15) is 4.79 Å². The van der Waals surface area contributed by atoms with E-state index in [4.69, 9.17) is 4.74 Å². The number of hydrogen-bond donors (Lipinski definition) is 0. The van der Waals surface area contributed by atoms with Gasteiger partial charge in [0.05, 0.1) is 12.7 Å². The molecule has 0 aliphatic heterocycles. The number of para-hydroxylation sites is 1. The smallest absolute Gasteiger partial charge is 0.196 e. The molecule has 3 aromatic rings. The van der Waals surface area contributed by atoms with Gasteiger partial charge in [0.1, 0.15) is 5.75 Å². The molecule has 2 heteroatoms. The number of ketones is 1. The minimum absolute atomic E-state index is 0.00740. The van der Waals surface area contributed by atoms with E-state index in [1.165, 1.54) is 22.3 Å². The van der Waals surface area contributed by atoms with Crippen LogP contribution in [0.5, 0.6) is 5.75 Å². The first-order valence-corrected chi connectivity index (χ1v) is 8.46. The Morgan fingerprint density at radius 3 is 2.32 bits per heavy atom. The van der Waals surface area contributed by atoms with Crippen LogP contribution in [-0.2, 0) is 5.41 Å². The standard InChI is InChI=1S/C23H20O2/c1-23(2)19-10-6-4-8-16(19)17-13-12-15(14-20(17)23)22(24)18-9-5-7-11-21(18)25-3/h4-14H,1-3H3. The van der Waals surface area contributed by atoms with E-state index in [0.717, 1.165) is 0 Å². The highest BCUT2D eigenvalue weighted by Crippen LogP contribution is 2.48. The lowest BCUT2D eigenvalue weighted by Gasteiger charge is -2.21. The van der Waals surface area contributed by atoms with E-state index in [2.05, 4.69) is 44.2 Å². The Labute approximate surface area is 148 Å². The van der Waals surface area contributed by atoms with Crippen molar-refractivity contribution in [1.29, 1.82) is 0 Å². The second-order valence-electron chi connectivity index (χ2n) is 6.96. The maximum atomic E-state index is 13.0. The predicted molar refractivity (Wildman–Crippen MR) is 100 cm³/mol. The Balaban J connectivity index is 1.84. The average Bonchev–Trinajstić information content (AvgIpc) is 2.89. The van der Waals surface area contributed by atoms with Gasteiger partial charge >= 0.3 is 0 Å². The number of methoxy groups -OCH3 is 1. The Hall–Kier alpha value is -2.87. The van der Waals surface area contributed by atoms with Crippen LogP contribution in [0.2, 0.25) is 0 Å². The summed E-state index contributed by atoms with van der Waals surface area (Å²) in [6, 6.07) is 21.9. The van der Waals surface area contributed by atoms with Gasteiger partial charge in [-0.05, 0) is 40.5 Å². The summed E-state index contributed by atoms with van der Waals surface area (Å²) in [5.74, 6) is 0.600.